The number of hydrogen-bond donors (Lipinski definition) is 1. The number of carbonyl (C=O) groups is 4. The first-order valence-corrected chi connectivity index (χ1v) is 8.57. The summed E-state index contributed by atoms with van der Waals surface area (Å²) in [6.45, 7) is -1.18. The average molecular weight is 398 g/mol. The highest BCUT2D eigenvalue weighted by Crippen LogP contribution is 2.28. The van der Waals surface area contributed by atoms with Gasteiger partial charge < -0.3 is 19.5 Å². The Hall–Kier alpha value is -3.88. The number of anilines is 1. The molecule has 0 spiro atoms. The quantitative estimate of drug-likeness (QED) is 0.555. The summed E-state index contributed by atoms with van der Waals surface area (Å²) in [4.78, 5) is 49.4. The third-order valence-corrected chi connectivity index (χ3v) is 4.21. The van der Waals surface area contributed by atoms with Crippen molar-refractivity contribution in [3.05, 3.63) is 53.6 Å². The lowest BCUT2D eigenvalue weighted by atomic mass is 10.1. The summed E-state index contributed by atoms with van der Waals surface area (Å²) in [7, 11) is 2.92. The zero-order chi connectivity index (χ0) is 21.0. The average Bonchev–Trinajstić information content (AvgIpc) is 2.97. The number of nitrogens with zero attached hydrogens (tertiary/aromatic N) is 1. The van der Waals surface area contributed by atoms with Crippen molar-refractivity contribution >= 4 is 29.4 Å². The number of methoxy groups -OCH3 is 2. The molecule has 29 heavy (non-hydrogen) atoms. The molecule has 9 nitrogen and oxygen atoms in total. The van der Waals surface area contributed by atoms with Crippen molar-refractivity contribution < 1.29 is 33.4 Å². The zero-order valence-electron chi connectivity index (χ0n) is 15.8. The topological polar surface area (TPSA) is 111 Å². The number of ether oxygens (including phenoxy) is 3. The summed E-state index contributed by atoms with van der Waals surface area (Å²) in [6.07, 6.45) is 0. The van der Waals surface area contributed by atoms with Crippen LogP contribution in [0.3, 0.4) is 0 Å². The van der Waals surface area contributed by atoms with Crippen LogP contribution in [0, 0.1) is 0 Å². The third kappa shape index (κ3) is 4.18. The van der Waals surface area contributed by atoms with E-state index in [0.29, 0.717) is 17.2 Å². The Kier molecular flexibility index (Phi) is 5.77. The number of benzene rings is 2. The second kappa shape index (κ2) is 8.42. The first-order valence-electron chi connectivity index (χ1n) is 8.57. The fourth-order valence-corrected chi connectivity index (χ4v) is 2.80. The van der Waals surface area contributed by atoms with Gasteiger partial charge in [-0.2, -0.15) is 0 Å². The molecule has 0 saturated carbocycles. The maximum atomic E-state index is 12.2. The van der Waals surface area contributed by atoms with Gasteiger partial charge in [0.25, 0.3) is 17.7 Å². The van der Waals surface area contributed by atoms with Crippen molar-refractivity contribution in [2.24, 2.45) is 0 Å². The highest BCUT2D eigenvalue weighted by molar-refractivity contribution is 6.22. The van der Waals surface area contributed by atoms with E-state index >= 15 is 0 Å². The molecule has 0 radical (unpaired) electrons. The van der Waals surface area contributed by atoms with E-state index in [0.717, 1.165) is 4.90 Å². The van der Waals surface area contributed by atoms with Gasteiger partial charge in [0.1, 0.15) is 18.0 Å². The molecule has 3 rings (SSSR count). The molecule has 0 bridgehead atoms. The van der Waals surface area contributed by atoms with Gasteiger partial charge in [-0.15, -0.1) is 0 Å². The van der Waals surface area contributed by atoms with Crippen LogP contribution in [0.2, 0.25) is 0 Å². The van der Waals surface area contributed by atoms with E-state index in [9.17, 15) is 19.2 Å². The third-order valence-electron chi connectivity index (χ3n) is 4.21. The fourth-order valence-electron chi connectivity index (χ4n) is 2.80. The van der Waals surface area contributed by atoms with E-state index in [1.807, 2.05) is 0 Å². The van der Waals surface area contributed by atoms with Crippen molar-refractivity contribution in [1.29, 1.82) is 0 Å². The molecule has 1 aliphatic rings. The van der Waals surface area contributed by atoms with E-state index in [1.54, 1.807) is 30.3 Å². The summed E-state index contributed by atoms with van der Waals surface area (Å²) in [5.74, 6) is -1.75. The lowest BCUT2D eigenvalue weighted by Crippen LogP contribution is -2.36. The van der Waals surface area contributed by atoms with Crippen molar-refractivity contribution in [2.45, 2.75) is 0 Å². The molecule has 0 fully saturated rings. The number of rotatable bonds is 7. The number of nitrogens with one attached hydrogen (secondary N) is 1. The van der Waals surface area contributed by atoms with Gasteiger partial charge in [-0.1, -0.05) is 12.1 Å². The minimum absolute atomic E-state index is 0.230. The number of hydrogen-bond acceptors (Lipinski definition) is 7. The molecule has 2 aromatic carbocycles. The molecule has 2 aromatic rings. The minimum atomic E-state index is -0.882. The number of imide groups is 1. The second-order valence-corrected chi connectivity index (χ2v) is 6.02. The largest absolute Gasteiger partial charge is 0.497 e. The van der Waals surface area contributed by atoms with Gasteiger partial charge in [0, 0.05) is 6.07 Å². The number of fused-ring (bicyclic) bond motifs is 1. The van der Waals surface area contributed by atoms with Crippen LogP contribution >= 0.6 is 0 Å². The standard InChI is InChI=1S/C20H18N2O7/c1-27-12-7-8-16(28-2)15(9-12)21-17(23)11-29-18(24)10-22-19(25)13-5-3-4-6-14(13)20(22)26/h3-9H,10-11H2,1-2H3,(H,21,23). The molecule has 0 saturated heterocycles. The SMILES string of the molecule is COc1ccc(OC)c(NC(=O)COC(=O)CN2C(=O)c3ccccc3C2=O)c1. The van der Waals surface area contributed by atoms with Crippen LogP contribution in [-0.4, -0.2) is 56.0 Å². The van der Waals surface area contributed by atoms with Crippen molar-refractivity contribution in [2.75, 3.05) is 32.7 Å². The van der Waals surface area contributed by atoms with Crippen LogP contribution < -0.4 is 14.8 Å². The highest BCUT2D eigenvalue weighted by Gasteiger charge is 2.36. The fraction of sp³-hybridized carbons (Fsp3) is 0.200. The molecule has 0 atom stereocenters. The summed E-state index contributed by atoms with van der Waals surface area (Å²) >= 11 is 0. The molecule has 0 unspecified atom stereocenters. The lowest BCUT2D eigenvalue weighted by Gasteiger charge is -2.14. The van der Waals surface area contributed by atoms with Gasteiger partial charge in [-0.25, -0.2) is 0 Å². The van der Waals surface area contributed by atoms with Crippen molar-refractivity contribution in [3.63, 3.8) is 0 Å². The number of esters is 1. The molecule has 150 valence electrons. The maximum Gasteiger partial charge on any atom is 0.326 e. The van der Waals surface area contributed by atoms with E-state index in [4.69, 9.17) is 14.2 Å². The second-order valence-electron chi connectivity index (χ2n) is 6.02. The zero-order valence-corrected chi connectivity index (χ0v) is 15.8. The molecular formula is C20H18N2O7. The van der Waals surface area contributed by atoms with E-state index in [1.165, 1.54) is 26.4 Å². The minimum Gasteiger partial charge on any atom is -0.497 e. The predicted molar refractivity (Wildman–Crippen MR) is 101 cm³/mol. The number of carbonyl (C=O) groups excluding carboxylic acids is 4. The van der Waals surface area contributed by atoms with Crippen LogP contribution in [0.4, 0.5) is 5.69 Å². The van der Waals surface area contributed by atoms with Crippen LogP contribution in [0.5, 0.6) is 11.5 Å². The van der Waals surface area contributed by atoms with Gasteiger partial charge in [-0.3, -0.25) is 24.1 Å². The summed E-state index contributed by atoms with van der Waals surface area (Å²) in [5.41, 5.74) is 0.801. The first kappa shape index (κ1) is 19.9. The maximum absolute atomic E-state index is 12.2. The van der Waals surface area contributed by atoms with E-state index in [-0.39, 0.29) is 11.1 Å². The van der Waals surface area contributed by atoms with Gasteiger partial charge in [0.15, 0.2) is 6.61 Å². The molecule has 1 N–H and O–H groups in total. The Bertz CT molecular complexity index is 952. The Labute approximate surface area is 166 Å². The van der Waals surface area contributed by atoms with Gasteiger partial charge >= 0.3 is 5.97 Å². The van der Waals surface area contributed by atoms with Crippen molar-refractivity contribution in [3.8, 4) is 11.5 Å². The first-order chi connectivity index (χ1) is 13.9. The highest BCUT2D eigenvalue weighted by atomic mass is 16.5. The molecule has 0 aromatic heterocycles. The van der Waals surface area contributed by atoms with E-state index in [2.05, 4.69) is 5.32 Å². The van der Waals surface area contributed by atoms with Crippen LogP contribution in [0.25, 0.3) is 0 Å². The summed E-state index contributed by atoms with van der Waals surface area (Å²) in [6, 6.07) is 11.1. The monoisotopic (exact) mass is 398 g/mol. The summed E-state index contributed by atoms with van der Waals surface area (Å²) < 4.78 is 15.1. The molecular weight excluding hydrogens is 380 g/mol. The Morgan fingerprint density at radius 1 is 0.966 bits per heavy atom. The van der Waals surface area contributed by atoms with Crippen LogP contribution in [-0.2, 0) is 14.3 Å². The van der Waals surface area contributed by atoms with Crippen LogP contribution in [0.15, 0.2) is 42.5 Å². The molecule has 3 amide bonds. The Morgan fingerprint density at radius 2 is 1.62 bits per heavy atom. The van der Waals surface area contributed by atoms with Gasteiger partial charge in [0.2, 0.25) is 0 Å². The van der Waals surface area contributed by atoms with Gasteiger partial charge in [-0.05, 0) is 24.3 Å². The molecule has 9 heteroatoms. The van der Waals surface area contributed by atoms with E-state index < -0.39 is 36.8 Å². The van der Waals surface area contributed by atoms with Gasteiger partial charge in [0.05, 0.1) is 31.0 Å². The number of amides is 3. The Balaban J connectivity index is 1.56. The van der Waals surface area contributed by atoms with Crippen LogP contribution in [0.1, 0.15) is 20.7 Å². The normalized spacial score (nSPS) is 12.4. The molecule has 1 heterocycles. The lowest BCUT2D eigenvalue weighted by molar-refractivity contribution is -0.147. The molecule has 1 aliphatic heterocycles. The predicted octanol–water partition coefficient (Wildman–Crippen LogP) is 1.48. The van der Waals surface area contributed by atoms with Crippen molar-refractivity contribution in [1.82, 2.24) is 4.90 Å². The Morgan fingerprint density at radius 3 is 2.21 bits per heavy atom. The molecule has 0 aliphatic carbocycles. The summed E-state index contributed by atoms with van der Waals surface area (Å²) in [5, 5.41) is 2.55. The smallest absolute Gasteiger partial charge is 0.326 e.